The molecule has 1 nitrogen and oxygen atoms in total. The highest BCUT2D eigenvalue weighted by Gasteiger charge is 2.25. The summed E-state index contributed by atoms with van der Waals surface area (Å²) in [5.41, 5.74) is 0. The van der Waals surface area contributed by atoms with Crippen molar-refractivity contribution in [1.82, 2.24) is 0 Å². The van der Waals surface area contributed by atoms with Crippen molar-refractivity contribution in [3.8, 4) is 0 Å². The monoisotopic (exact) mass is 140 g/mol. The van der Waals surface area contributed by atoms with Gasteiger partial charge in [-0.1, -0.05) is 19.4 Å². The Labute approximate surface area is 62.8 Å². The van der Waals surface area contributed by atoms with Crippen LogP contribution in [0.4, 0.5) is 0 Å². The van der Waals surface area contributed by atoms with Crippen LogP contribution in [0.5, 0.6) is 0 Å². The third-order valence-electron chi connectivity index (χ3n) is 2.46. The Morgan fingerprint density at radius 3 is 2.70 bits per heavy atom. The van der Waals surface area contributed by atoms with E-state index in [9.17, 15) is 5.11 Å². The van der Waals surface area contributed by atoms with Crippen molar-refractivity contribution >= 4 is 0 Å². The number of rotatable bonds is 2. The van der Waals surface area contributed by atoms with Gasteiger partial charge < -0.3 is 5.11 Å². The largest absolute Gasteiger partial charge is 0.389 e. The summed E-state index contributed by atoms with van der Waals surface area (Å²) in [6.45, 7) is 5.83. The Bertz CT molecular complexity index is 120. The summed E-state index contributed by atoms with van der Waals surface area (Å²) in [6.07, 6.45) is 5.02. The Morgan fingerprint density at radius 2 is 2.30 bits per heavy atom. The fraction of sp³-hybridized carbons (Fsp3) is 0.778. The van der Waals surface area contributed by atoms with E-state index in [4.69, 9.17) is 0 Å². The van der Waals surface area contributed by atoms with Gasteiger partial charge in [0.05, 0.1) is 6.10 Å². The van der Waals surface area contributed by atoms with Crippen LogP contribution in [0.1, 0.15) is 26.2 Å². The molecule has 1 rings (SSSR count). The molecule has 0 heterocycles. The Morgan fingerprint density at radius 1 is 1.60 bits per heavy atom. The van der Waals surface area contributed by atoms with Crippen molar-refractivity contribution in [3.63, 3.8) is 0 Å². The van der Waals surface area contributed by atoms with Crippen LogP contribution in [0.25, 0.3) is 0 Å². The molecule has 0 aromatic heterocycles. The minimum Gasteiger partial charge on any atom is -0.389 e. The Kier molecular flexibility index (Phi) is 2.50. The van der Waals surface area contributed by atoms with Crippen molar-refractivity contribution < 1.29 is 5.11 Å². The van der Waals surface area contributed by atoms with E-state index in [2.05, 4.69) is 13.5 Å². The Balaban J connectivity index is 2.36. The predicted molar refractivity (Wildman–Crippen MR) is 42.7 cm³/mol. The first-order valence-corrected chi connectivity index (χ1v) is 4.04. The van der Waals surface area contributed by atoms with Gasteiger partial charge >= 0.3 is 0 Å². The molecule has 0 amide bonds. The molecule has 0 aromatic carbocycles. The summed E-state index contributed by atoms with van der Waals surface area (Å²) in [6, 6.07) is 0. The zero-order chi connectivity index (χ0) is 7.56. The lowest BCUT2D eigenvalue weighted by atomic mass is 10.00. The van der Waals surface area contributed by atoms with Gasteiger partial charge in [0.15, 0.2) is 0 Å². The van der Waals surface area contributed by atoms with Crippen LogP contribution in [0.15, 0.2) is 12.7 Å². The summed E-state index contributed by atoms with van der Waals surface area (Å²) in [7, 11) is 0. The van der Waals surface area contributed by atoms with E-state index in [0.29, 0.717) is 5.92 Å². The van der Waals surface area contributed by atoms with E-state index in [1.165, 1.54) is 19.3 Å². The van der Waals surface area contributed by atoms with Crippen LogP contribution >= 0.6 is 0 Å². The van der Waals surface area contributed by atoms with Crippen LogP contribution in [0, 0.1) is 11.8 Å². The maximum Gasteiger partial charge on any atom is 0.0746 e. The zero-order valence-electron chi connectivity index (χ0n) is 6.59. The average Bonchev–Trinajstić information content (AvgIpc) is 2.34. The quantitative estimate of drug-likeness (QED) is 0.581. The smallest absolute Gasteiger partial charge is 0.0746 e. The fourth-order valence-corrected chi connectivity index (χ4v) is 1.75. The molecule has 3 unspecified atom stereocenters. The van der Waals surface area contributed by atoms with Crippen molar-refractivity contribution in [3.05, 3.63) is 12.7 Å². The highest BCUT2D eigenvalue weighted by Crippen LogP contribution is 2.32. The van der Waals surface area contributed by atoms with E-state index in [1.807, 2.05) is 0 Å². The van der Waals surface area contributed by atoms with Crippen LogP contribution < -0.4 is 0 Å². The first-order chi connectivity index (χ1) is 4.74. The SMILES string of the molecule is C=CC(O)C1CCC(C)C1. The second-order valence-electron chi connectivity index (χ2n) is 3.40. The molecule has 1 fully saturated rings. The zero-order valence-corrected chi connectivity index (χ0v) is 6.59. The van der Waals surface area contributed by atoms with Gasteiger partial charge in [-0.3, -0.25) is 0 Å². The van der Waals surface area contributed by atoms with Gasteiger partial charge in [0.25, 0.3) is 0 Å². The van der Waals surface area contributed by atoms with E-state index >= 15 is 0 Å². The molecule has 0 saturated heterocycles. The second kappa shape index (κ2) is 3.20. The van der Waals surface area contributed by atoms with Crippen LogP contribution in [0.3, 0.4) is 0 Å². The summed E-state index contributed by atoms with van der Waals surface area (Å²) in [4.78, 5) is 0. The number of aliphatic hydroxyl groups is 1. The van der Waals surface area contributed by atoms with E-state index in [1.54, 1.807) is 6.08 Å². The molecule has 0 spiro atoms. The number of hydrogen-bond acceptors (Lipinski definition) is 1. The molecular formula is C9H16O. The van der Waals surface area contributed by atoms with Gasteiger partial charge in [-0.25, -0.2) is 0 Å². The first-order valence-electron chi connectivity index (χ1n) is 4.04. The molecule has 1 saturated carbocycles. The van der Waals surface area contributed by atoms with Crippen LogP contribution in [-0.2, 0) is 0 Å². The van der Waals surface area contributed by atoms with Gasteiger partial charge in [0.1, 0.15) is 0 Å². The molecule has 1 N–H and O–H groups in total. The normalized spacial score (nSPS) is 35.8. The van der Waals surface area contributed by atoms with Crippen molar-refractivity contribution in [1.29, 1.82) is 0 Å². The van der Waals surface area contributed by atoms with Gasteiger partial charge in [-0.15, -0.1) is 6.58 Å². The highest BCUT2D eigenvalue weighted by molar-refractivity contribution is 4.88. The molecule has 1 aliphatic rings. The maximum absolute atomic E-state index is 9.36. The van der Waals surface area contributed by atoms with Crippen molar-refractivity contribution in [2.45, 2.75) is 32.3 Å². The third-order valence-corrected chi connectivity index (χ3v) is 2.46. The predicted octanol–water partition coefficient (Wildman–Crippen LogP) is 1.97. The number of aliphatic hydroxyl groups excluding tert-OH is 1. The molecule has 0 radical (unpaired) electrons. The minimum atomic E-state index is -0.259. The third kappa shape index (κ3) is 1.60. The highest BCUT2D eigenvalue weighted by atomic mass is 16.3. The van der Waals surface area contributed by atoms with Gasteiger partial charge in [0.2, 0.25) is 0 Å². The summed E-state index contributed by atoms with van der Waals surface area (Å²) < 4.78 is 0. The summed E-state index contributed by atoms with van der Waals surface area (Å²) in [5.74, 6) is 1.30. The molecule has 0 bridgehead atoms. The molecule has 0 aliphatic heterocycles. The van der Waals surface area contributed by atoms with Crippen LogP contribution in [0.2, 0.25) is 0 Å². The van der Waals surface area contributed by atoms with Crippen molar-refractivity contribution in [2.24, 2.45) is 11.8 Å². The molecule has 58 valence electrons. The lowest BCUT2D eigenvalue weighted by Gasteiger charge is -2.12. The standard InChI is InChI=1S/C9H16O/c1-3-9(10)8-5-4-7(2)6-8/h3,7-10H,1,4-6H2,2H3. The van der Waals surface area contributed by atoms with Crippen LogP contribution in [-0.4, -0.2) is 11.2 Å². The first kappa shape index (κ1) is 7.80. The molecule has 10 heavy (non-hydrogen) atoms. The minimum absolute atomic E-state index is 0.259. The van der Waals surface area contributed by atoms with Crippen molar-refractivity contribution in [2.75, 3.05) is 0 Å². The van der Waals surface area contributed by atoms with Gasteiger partial charge in [-0.05, 0) is 24.7 Å². The lowest BCUT2D eigenvalue weighted by Crippen LogP contribution is -2.14. The molecule has 1 heteroatoms. The van der Waals surface area contributed by atoms with E-state index in [-0.39, 0.29) is 6.10 Å². The molecule has 3 atom stereocenters. The van der Waals surface area contributed by atoms with Gasteiger partial charge in [0, 0.05) is 0 Å². The second-order valence-corrected chi connectivity index (χ2v) is 3.40. The van der Waals surface area contributed by atoms with Gasteiger partial charge in [-0.2, -0.15) is 0 Å². The van der Waals surface area contributed by atoms with E-state index in [0.717, 1.165) is 5.92 Å². The van der Waals surface area contributed by atoms with E-state index < -0.39 is 0 Å². The topological polar surface area (TPSA) is 20.2 Å². The maximum atomic E-state index is 9.36. The fourth-order valence-electron chi connectivity index (χ4n) is 1.75. The molecule has 1 aliphatic carbocycles. The lowest BCUT2D eigenvalue weighted by molar-refractivity contribution is 0.154. The Hall–Kier alpha value is -0.300. The number of hydrogen-bond donors (Lipinski definition) is 1. The summed E-state index contributed by atoms with van der Waals surface area (Å²) in [5, 5.41) is 9.36. The summed E-state index contributed by atoms with van der Waals surface area (Å²) >= 11 is 0. The molecule has 0 aromatic rings. The average molecular weight is 140 g/mol. The molecular weight excluding hydrogens is 124 g/mol.